The van der Waals surface area contributed by atoms with Gasteiger partial charge in [-0.2, -0.15) is 0 Å². The average Bonchev–Trinajstić information content (AvgIpc) is 2.54. The van der Waals surface area contributed by atoms with Gasteiger partial charge in [-0.1, -0.05) is 0 Å². The average molecular weight is 255 g/mol. The van der Waals surface area contributed by atoms with Crippen molar-refractivity contribution in [1.82, 2.24) is 14.7 Å². The third kappa shape index (κ3) is 3.93. The molecule has 18 heavy (non-hydrogen) atoms. The van der Waals surface area contributed by atoms with Gasteiger partial charge in [0.2, 0.25) is 0 Å². The van der Waals surface area contributed by atoms with E-state index >= 15 is 0 Å². The second kappa shape index (κ2) is 6.50. The first-order chi connectivity index (χ1) is 8.65. The quantitative estimate of drug-likeness (QED) is 0.779. The predicted molar refractivity (Wildman–Crippen MR) is 70.8 cm³/mol. The van der Waals surface area contributed by atoms with Gasteiger partial charge in [0.25, 0.3) is 0 Å². The lowest BCUT2D eigenvalue weighted by atomic mass is 10.1. The van der Waals surface area contributed by atoms with Crippen LogP contribution in [0.25, 0.3) is 0 Å². The van der Waals surface area contributed by atoms with Crippen LogP contribution in [0.4, 0.5) is 0 Å². The Morgan fingerprint density at radius 2 is 1.83 bits per heavy atom. The van der Waals surface area contributed by atoms with Crippen molar-refractivity contribution in [1.29, 1.82) is 0 Å². The minimum absolute atomic E-state index is 0.196. The molecule has 0 radical (unpaired) electrons. The predicted octanol–water partition coefficient (Wildman–Crippen LogP) is 0.173. The molecule has 0 aliphatic carbocycles. The van der Waals surface area contributed by atoms with Gasteiger partial charge in [-0.05, 0) is 39.4 Å². The first-order valence-electron chi connectivity index (χ1n) is 7.02. The summed E-state index contributed by atoms with van der Waals surface area (Å²) in [5.74, 6) is -0.709. The molecule has 0 bridgehead atoms. The van der Waals surface area contributed by atoms with Crippen molar-refractivity contribution in [3.05, 3.63) is 0 Å². The van der Waals surface area contributed by atoms with Crippen LogP contribution in [0, 0.1) is 0 Å². The molecule has 0 aromatic rings. The van der Waals surface area contributed by atoms with Crippen LogP contribution in [-0.2, 0) is 4.79 Å². The zero-order valence-electron chi connectivity index (χ0n) is 11.3. The highest BCUT2D eigenvalue weighted by Gasteiger charge is 2.25. The lowest BCUT2D eigenvalue weighted by Crippen LogP contribution is -2.51. The number of likely N-dealkylation sites (tertiary alicyclic amines) is 1. The zero-order valence-corrected chi connectivity index (χ0v) is 11.3. The van der Waals surface area contributed by atoms with Crippen molar-refractivity contribution in [2.45, 2.75) is 25.3 Å². The van der Waals surface area contributed by atoms with Gasteiger partial charge < -0.3 is 10.0 Å². The molecule has 0 aromatic heterocycles. The number of piperazine rings is 1. The lowest BCUT2D eigenvalue weighted by Gasteiger charge is -2.38. The number of hydrogen-bond acceptors (Lipinski definition) is 4. The van der Waals surface area contributed by atoms with Crippen LogP contribution in [0.3, 0.4) is 0 Å². The van der Waals surface area contributed by atoms with Crippen LogP contribution < -0.4 is 0 Å². The van der Waals surface area contributed by atoms with Crippen molar-refractivity contribution in [2.24, 2.45) is 0 Å². The van der Waals surface area contributed by atoms with Crippen molar-refractivity contribution < 1.29 is 9.90 Å². The third-order valence-electron chi connectivity index (χ3n) is 4.20. The maximum atomic E-state index is 10.7. The number of carboxylic acid groups (broad SMARTS) is 1. The van der Waals surface area contributed by atoms with Gasteiger partial charge in [-0.3, -0.25) is 14.6 Å². The van der Waals surface area contributed by atoms with Gasteiger partial charge in [0.05, 0.1) is 6.54 Å². The van der Waals surface area contributed by atoms with E-state index in [0.717, 1.165) is 26.2 Å². The van der Waals surface area contributed by atoms with E-state index in [-0.39, 0.29) is 6.54 Å². The highest BCUT2D eigenvalue weighted by atomic mass is 16.4. The zero-order chi connectivity index (χ0) is 13.0. The van der Waals surface area contributed by atoms with E-state index in [1.807, 2.05) is 4.90 Å². The normalized spacial score (nSPS) is 29.1. The van der Waals surface area contributed by atoms with Crippen molar-refractivity contribution in [3.63, 3.8) is 0 Å². The minimum atomic E-state index is -0.709. The van der Waals surface area contributed by atoms with E-state index < -0.39 is 5.97 Å². The summed E-state index contributed by atoms with van der Waals surface area (Å²) >= 11 is 0. The summed E-state index contributed by atoms with van der Waals surface area (Å²) in [6, 6.07) is 0.710. The number of hydrogen-bond donors (Lipinski definition) is 1. The van der Waals surface area contributed by atoms with E-state index in [4.69, 9.17) is 5.11 Å². The fourth-order valence-electron chi connectivity index (χ4n) is 3.07. The Labute approximate surface area is 109 Å². The van der Waals surface area contributed by atoms with Crippen molar-refractivity contribution >= 4 is 5.97 Å². The molecule has 0 saturated carbocycles. The Bertz CT molecular complexity index is 277. The Morgan fingerprint density at radius 3 is 2.50 bits per heavy atom. The summed E-state index contributed by atoms with van der Waals surface area (Å²) < 4.78 is 0. The standard InChI is InChI=1S/C13H25N3O2/c1-14-5-2-3-12(4-6-14)16-9-7-15(8-10-16)11-13(17)18/h12H,2-11H2,1H3,(H,17,18). The molecule has 104 valence electrons. The number of aliphatic carboxylic acids is 1. The molecule has 0 amide bonds. The molecule has 2 saturated heterocycles. The van der Waals surface area contributed by atoms with E-state index in [9.17, 15) is 4.79 Å². The molecule has 2 rings (SSSR count). The first kappa shape index (κ1) is 13.8. The van der Waals surface area contributed by atoms with Crippen LogP contribution in [0.5, 0.6) is 0 Å². The summed E-state index contributed by atoms with van der Waals surface area (Å²) in [7, 11) is 2.20. The smallest absolute Gasteiger partial charge is 0.317 e. The van der Waals surface area contributed by atoms with Crippen LogP contribution in [-0.4, -0.2) is 84.7 Å². The molecule has 1 atom stereocenters. The SMILES string of the molecule is CN1CCCC(N2CCN(CC(=O)O)CC2)CC1. The molecular formula is C13H25N3O2. The molecular weight excluding hydrogens is 230 g/mol. The number of nitrogens with zero attached hydrogens (tertiary/aromatic N) is 3. The molecule has 1 unspecified atom stereocenters. The van der Waals surface area contributed by atoms with Gasteiger partial charge in [0, 0.05) is 32.2 Å². The van der Waals surface area contributed by atoms with Gasteiger partial charge in [-0.25, -0.2) is 0 Å². The van der Waals surface area contributed by atoms with Gasteiger partial charge in [0.15, 0.2) is 0 Å². The largest absolute Gasteiger partial charge is 0.480 e. The molecule has 1 N–H and O–H groups in total. The van der Waals surface area contributed by atoms with E-state index in [1.165, 1.54) is 32.4 Å². The number of rotatable bonds is 3. The molecule has 2 aliphatic heterocycles. The second-order valence-corrected chi connectivity index (χ2v) is 5.59. The topological polar surface area (TPSA) is 47.0 Å². The first-order valence-corrected chi connectivity index (χ1v) is 7.02. The maximum Gasteiger partial charge on any atom is 0.317 e. The Kier molecular flexibility index (Phi) is 4.97. The van der Waals surface area contributed by atoms with E-state index in [2.05, 4.69) is 16.8 Å². The summed E-state index contributed by atoms with van der Waals surface area (Å²) in [4.78, 5) is 17.7. The highest BCUT2D eigenvalue weighted by molar-refractivity contribution is 5.69. The lowest BCUT2D eigenvalue weighted by molar-refractivity contribution is -0.138. The third-order valence-corrected chi connectivity index (χ3v) is 4.20. The monoisotopic (exact) mass is 255 g/mol. The number of carboxylic acids is 1. The molecule has 0 aromatic carbocycles. The molecule has 2 heterocycles. The van der Waals surface area contributed by atoms with E-state index in [1.54, 1.807) is 0 Å². The maximum absolute atomic E-state index is 10.7. The van der Waals surface area contributed by atoms with Crippen molar-refractivity contribution in [2.75, 3.05) is 52.9 Å². The van der Waals surface area contributed by atoms with Crippen molar-refractivity contribution in [3.8, 4) is 0 Å². The van der Waals surface area contributed by atoms with Gasteiger partial charge in [-0.15, -0.1) is 0 Å². The van der Waals surface area contributed by atoms with Crippen LogP contribution in [0.1, 0.15) is 19.3 Å². The van der Waals surface area contributed by atoms with E-state index in [0.29, 0.717) is 6.04 Å². The molecule has 2 fully saturated rings. The molecule has 2 aliphatic rings. The highest BCUT2D eigenvalue weighted by Crippen LogP contribution is 2.17. The fourth-order valence-corrected chi connectivity index (χ4v) is 3.07. The Hall–Kier alpha value is -0.650. The van der Waals surface area contributed by atoms with Crippen LogP contribution >= 0.6 is 0 Å². The van der Waals surface area contributed by atoms with Gasteiger partial charge >= 0.3 is 5.97 Å². The fraction of sp³-hybridized carbons (Fsp3) is 0.923. The Balaban J connectivity index is 1.76. The Morgan fingerprint density at radius 1 is 1.11 bits per heavy atom. The summed E-state index contributed by atoms with van der Waals surface area (Å²) in [5.41, 5.74) is 0. The summed E-state index contributed by atoms with van der Waals surface area (Å²) in [6.45, 7) is 6.47. The number of carbonyl (C=O) groups is 1. The minimum Gasteiger partial charge on any atom is -0.480 e. The van der Waals surface area contributed by atoms with Crippen LogP contribution in [0.2, 0.25) is 0 Å². The summed E-state index contributed by atoms with van der Waals surface area (Å²) in [6.07, 6.45) is 3.84. The molecule has 0 spiro atoms. The van der Waals surface area contributed by atoms with Gasteiger partial charge in [0.1, 0.15) is 0 Å². The molecule has 5 heteroatoms. The second-order valence-electron chi connectivity index (χ2n) is 5.59. The molecule has 5 nitrogen and oxygen atoms in total. The summed E-state index contributed by atoms with van der Waals surface area (Å²) in [5, 5.41) is 8.79. The van der Waals surface area contributed by atoms with Crippen LogP contribution in [0.15, 0.2) is 0 Å².